The van der Waals surface area contributed by atoms with E-state index in [1.807, 2.05) is 65.2 Å². The van der Waals surface area contributed by atoms with Gasteiger partial charge >= 0.3 is 0 Å². The number of fused-ring (bicyclic) bond motifs is 1. The summed E-state index contributed by atoms with van der Waals surface area (Å²) in [7, 11) is 1.77. The standard InChI is InChI=1S/C28H24Cl2N4O/c1-3-34-17-32-16-26(34)28(31,19-7-10-21(29)11-8-19)20-9-12-25-24(14-20)23(15-27(35)33(25)2)18-5-4-6-22(30)13-18/h4-17H,3,31H2,1-2H3/t28-/m1/s1. The maximum absolute atomic E-state index is 12.8. The summed E-state index contributed by atoms with van der Waals surface area (Å²) in [5.74, 6) is 0. The van der Waals surface area contributed by atoms with E-state index in [1.165, 1.54) is 0 Å². The number of imidazole rings is 1. The van der Waals surface area contributed by atoms with Crippen molar-refractivity contribution in [3.8, 4) is 11.1 Å². The van der Waals surface area contributed by atoms with Crippen LogP contribution in [0.2, 0.25) is 10.0 Å². The summed E-state index contributed by atoms with van der Waals surface area (Å²) >= 11 is 12.5. The van der Waals surface area contributed by atoms with Crippen molar-refractivity contribution in [1.82, 2.24) is 14.1 Å². The average Bonchev–Trinajstić information content (AvgIpc) is 3.35. The smallest absolute Gasteiger partial charge is 0.251 e. The van der Waals surface area contributed by atoms with Gasteiger partial charge in [0.25, 0.3) is 5.56 Å². The minimum Gasteiger partial charge on any atom is -0.333 e. The maximum atomic E-state index is 12.8. The number of hydrogen-bond donors (Lipinski definition) is 1. The molecule has 0 spiro atoms. The quantitative estimate of drug-likeness (QED) is 0.321. The van der Waals surface area contributed by atoms with Crippen molar-refractivity contribution < 1.29 is 0 Å². The van der Waals surface area contributed by atoms with E-state index in [9.17, 15) is 4.79 Å². The topological polar surface area (TPSA) is 65.8 Å². The minimum atomic E-state index is -1.01. The lowest BCUT2D eigenvalue weighted by molar-refractivity contribution is 0.572. The van der Waals surface area contributed by atoms with Crippen LogP contribution in [0.1, 0.15) is 23.7 Å². The van der Waals surface area contributed by atoms with Crippen LogP contribution < -0.4 is 11.3 Å². The van der Waals surface area contributed by atoms with Gasteiger partial charge in [0.05, 0.1) is 23.7 Å². The Balaban J connectivity index is 1.84. The molecule has 0 aliphatic carbocycles. The fourth-order valence-electron chi connectivity index (χ4n) is 4.68. The third-order valence-corrected chi connectivity index (χ3v) is 7.08. The van der Waals surface area contributed by atoms with Crippen LogP contribution in [0.3, 0.4) is 0 Å². The monoisotopic (exact) mass is 502 g/mol. The molecular formula is C28H24Cl2N4O. The molecule has 7 heteroatoms. The van der Waals surface area contributed by atoms with Crippen LogP contribution in [-0.2, 0) is 19.1 Å². The molecule has 5 nitrogen and oxygen atoms in total. The fourth-order valence-corrected chi connectivity index (χ4v) is 4.99. The molecule has 0 aliphatic rings. The lowest BCUT2D eigenvalue weighted by atomic mass is 9.80. The first-order valence-electron chi connectivity index (χ1n) is 11.3. The molecule has 0 fully saturated rings. The number of aromatic nitrogens is 3. The van der Waals surface area contributed by atoms with Crippen molar-refractivity contribution >= 4 is 34.1 Å². The SMILES string of the molecule is CCn1cncc1[C@@](N)(c1ccc(Cl)cc1)c1ccc2c(c1)c(-c1cccc(Cl)c1)cc(=O)n2C. The van der Waals surface area contributed by atoms with Gasteiger partial charge < -0.3 is 14.9 Å². The van der Waals surface area contributed by atoms with Gasteiger partial charge in [0.15, 0.2) is 0 Å². The van der Waals surface area contributed by atoms with Gasteiger partial charge in [-0.05, 0) is 65.6 Å². The maximum Gasteiger partial charge on any atom is 0.251 e. The number of nitrogens with two attached hydrogens (primary N) is 1. The summed E-state index contributed by atoms with van der Waals surface area (Å²) in [6, 6.07) is 22.7. The Kier molecular flexibility index (Phi) is 6.01. The van der Waals surface area contributed by atoms with Crippen LogP contribution in [0.25, 0.3) is 22.0 Å². The molecule has 0 radical (unpaired) electrons. The number of rotatable bonds is 5. The predicted molar refractivity (Wildman–Crippen MR) is 143 cm³/mol. The van der Waals surface area contributed by atoms with E-state index >= 15 is 0 Å². The molecule has 2 aromatic heterocycles. The lowest BCUT2D eigenvalue weighted by Crippen LogP contribution is -2.41. The number of benzene rings is 3. The normalized spacial score (nSPS) is 13.2. The molecule has 5 rings (SSSR count). The Labute approximate surface area is 213 Å². The molecule has 0 saturated carbocycles. The Morgan fingerprint density at radius 2 is 1.69 bits per heavy atom. The number of hydrogen-bond acceptors (Lipinski definition) is 3. The summed E-state index contributed by atoms with van der Waals surface area (Å²) in [4.78, 5) is 17.2. The summed E-state index contributed by atoms with van der Waals surface area (Å²) in [6.45, 7) is 2.78. The molecule has 0 unspecified atom stereocenters. The molecule has 0 saturated heterocycles. The Morgan fingerprint density at radius 3 is 2.40 bits per heavy atom. The second kappa shape index (κ2) is 9.00. The predicted octanol–water partition coefficient (Wildman–Crippen LogP) is 5.98. The van der Waals surface area contributed by atoms with Crippen molar-refractivity contribution in [2.24, 2.45) is 12.8 Å². The van der Waals surface area contributed by atoms with Gasteiger partial charge in [-0.3, -0.25) is 4.79 Å². The van der Waals surface area contributed by atoms with E-state index in [2.05, 4.69) is 18.0 Å². The summed E-state index contributed by atoms with van der Waals surface area (Å²) in [5, 5.41) is 2.14. The third-order valence-electron chi connectivity index (χ3n) is 6.59. The van der Waals surface area contributed by atoms with Crippen molar-refractivity contribution in [2.75, 3.05) is 0 Å². The van der Waals surface area contributed by atoms with Gasteiger partial charge in [-0.15, -0.1) is 0 Å². The van der Waals surface area contributed by atoms with Crippen molar-refractivity contribution in [1.29, 1.82) is 0 Å². The zero-order valence-electron chi connectivity index (χ0n) is 19.4. The van der Waals surface area contributed by atoms with E-state index in [0.717, 1.165) is 45.4 Å². The average molecular weight is 503 g/mol. The fraction of sp³-hybridized carbons (Fsp3) is 0.143. The van der Waals surface area contributed by atoms with Gasteiger partial charge in [0.1, 0.15) is 5.54 Å². The van der Waals surface area contributed by atoms with Gasteiger partial charge in [-0.25, -0.2) is 4.98 Å². The Morgan fingerprint density at radius 1 is 0.943 bits per heavy atom. The van der Waals surface area contributed by atoms with Crippen molar-refractivity contribution in [3.05, 3.63) is 123 Å². The van der Waals surface area contributed by atoms with Crippen molar-refractivity contribution in [2.45, 2.75) is 19.0 Å². The van der Waals surface area contributed by atoms with Gasteiger partial charge in [-0.2, -0.15) is 0 Å². The van der Waals surface area contributed by atoms with Crippen LogP contribution in [0, 0.1) is 0 Å². The molecule has 2 heterocycles. The highest BCUT2D eigenvalue weighted by Gasteiger charge is 2.35. The highest BCUT2D eigenvalue weighted by atomic mass is 35.5. The van der Waals surface area contributed by atoms with Crippen LogP contribution in [0.15, 0.2) is 90.1 Å². The minimum absolute atomic E-state index is 0.0963. The number of nitrogens with zero attached hydrogens (tertiary/aromatic N) is 3. The van der Waals surface area contributed by atoms with E-state index in [0.29, 0.717) is 10.0 Å². The summed E-state index contributed by atoms with van der Waals surface area (Å²) in [5.41, 5.74) is 11.3. The highest BCUT2D eigenvalue weighted by Crippen LogP contribution is 2.38. The van der Waals surface area contributed by atoms with Crippen LogP contribution >= 0.6 is 23.2 Å². The van der Waals surface area contributed by atoms with Gasteiger partial charge in [0.2, 0.25) is 0 Å². The highest BCUT2D eigenvalue weighted by molar-refractivity contribution is 6.31. The van der Waals surface area contributed by atoms with E-state index < -0.39 is 5.54 Å². The lowest BCUT2D eigenvalue weighted by Gasteiger charge is -2.32. The molecule has 5 aromatic rings. The van der Waals surface area contributed by atoms with Crippen LogP contribution in [0.4, 0.5) is 0 Å². The molecular weight excluding hydrogens is 479 g/mol. The Bertz CT molecular complexity index is 1600. The molecule has 176 valence electrons. The number of aryl methyl sites for hydroxylation is 2. The van der Waals surface area contributed by atoms with E-state index in [4.69, 9.17) is 28.9 Å². The van der Waals surface area contributed by atoms with Crippen molar-refractivity contribution in [3.63, 3.8) is 0 Å². The molecule has 0 bridgehead atoms. The first-order chi connectivity index (χ1) is 16.8. The van der Waals surface area contributed by atoms with Crippen LogP contribution in [-0.4, -0.2) is 14.1 Å². The zero-order chi connectivity index (χ0) is 24.7. The molecule has 0 amide bonds. The molecule has 2 N–H and O–H groups in total. The summed E-state index contributed by atoms with van der Waals surface area (Å²) < 4.78 is 3.68. The molecule has 3 aromatic carbocycles. The largest absolute Gasteiger partial charge is 0.333 e. The van der Waals surface area contributed by atoms with E-state index in [1.54, 1.807) is 30.2 Å². The number of pyridine rings is 1. The first kappa shape index (κ1) is 23.4. The van der Waals surface area contributed by atoms with Gasteiger partial charge in [0, 0.05) is 35.1 Å². The zero-order valence-corrected chi connectivity index (χ0v) is 20.9. The Hall–Kier alpha value is -3.38. The third kappa shape index (κ3) is 3.96. The second-order valence-corrected chi connectivity index (χ2v) is 9.45. The second-order valence-electron chi connectivity index (χ2n) is 8.58. The number of halogens is 2. The first-order valence-corrected chi connectivity index (χ1v) is 12.0. The van der Waals surface area contributed by atoms with E-state index in [-0.39, 0.29) is 5.56 Å². The molecule has 1 atom stereocenters. The van der Waals surface area contributed by atoms with Gasteiger partial charge in [-0.1, -0.05) is 53.5 Å². The van der Waals surface area contributed by atoms with Crippen LogP contribution in [0.5, 0.6) is 0 Å². The molecule has 35 heavy (non-hydrogen) atoms. The molecule has 0 aliphatic heterocycles. The summed E-state index contributed by atoms with van der Waals surface area (Å²) in [6.07, 6.45) is 3.59.